The van der Waals surface area contributed by atoms with Crippen LogP contribution in [0, 0.1) is 31.6 Å². The van der Waals surface area contributed by atoms with Crippen LogP contribution in [0.15, 0.2) is 24.3 Å². The summed E-state index contributed by atoms with van der Waals surface area (Å²) in [5, 5.41) is 0. The average molecular weight is 545 g/mol. The van der Waals surface area contributed by atoms with Gasteiger partial charge in [0.1, 0.15) is 17.2 Å². The van der Waals surface area contributed by atoms with E-state index in [-0.39, 0.29) is 36.5 Å². The Morgan fingerprint density at radius 3 is 1.10 bits per heavy atom. The van der Waals surface area contributed by atoms with Crippen LogP contribution in [0.4, 0.5) is 0 Å². The van der Waals surface area contributed by atoms with Gasteiger partial charge in [-0.1, -0.05) is 97.9 Å². The van der Waals surface area contributed by atoms with E-state index in [0.29, 0.717) is 6.61 Å². The van der Waals surface area contributed by atoms with E-state index in [2.05, 4.69) is 122 Å². The fraction of sp³-hybridized carbons (Fsp3) is 0.667. The maximum absolute atomic E-state index is 5.90. The number of methoxy groups -OCH3 is 1. The van der Waals surface area contributed by atoms with E-state index in [0.717, 1.165) is 23.9 Å². The first kappa shape index (κ1) is 39.0. The summed E-state index contributed by atoms with van der Waals surface area (Å²) in [5.74, 6) is 2.79. The van der Waals surface area contributed by atoms with Gasteiger partial charge in [-0.05, 0) is 82.9 Å². The maximum atomic E-state index is 5.90. The minimum atomic E-state index is 0. The van der Waals surface area contributed by atoms with Crippen molar-refractivity contribution >= 4 is 0 Å². The summed E-state index contributed by atoms with van der Waals surface area (Å²) < 4.78 is 17.3. The summed E-state index contributed by atoms with van der Waals surface area (Å²) >= 11 is 0. The molecule has 0 unspecified atom stereocenters. The van der Waals surface area contributed by atoms with Crippen molar-refractivity contribution in [3.63, 3.8) is 0 Å². The molecule has 39 heavy (non-hydrogen) atoms. The fourth-order valence-electron chi connectivity index (χ4n) is 4.72. The lowest BCUT2D eigenvalue weighted by molar-refractivity contribution is 0.197. The van der Waals surface area contributed by atoms with Crippen LogP contribution in [0.3, 0.4) is 0 Å². The van der Waals surface area contributed by atoms with Gasteiger partial charge in [0.05, 0.1) is 20.3 Å². The Bertz CT molecular complexity index is 996. The van der Waals surface area contributed by atoms with E-state index >= 15 is 0 Å². The lowest BCUT2D eigenvalue weighted by atomic mass is 9.81. The molecule has 0 aliphatic rings. The van der Waals surface area contributed by atoms with Gasteiger partial charge < -0.3 is 14.2 Å². The molecule has 3 nitrogen and oxygen atoms in total. The van der Waals surface area contributed by atoms with Crippen molar-refractivity contribution in [2.24, 2.45) is 10.8 Å². The Balaban J connectivity index is 0. The Labute approximate surface area is 244 Å². The summed E-state index contributed by atoms with van der Waals surface area (Å²) in [6.07, 6.45) is 0. The van der Waals surface area contributed by atoms with Crippen molar-refractivity contribution in [2.75, 3.05) is 20.3 Å². The smallest absolute Gasteiger partial charge is 0.126 e. The topological polar surface area (TPSA) is 27.7 Å². The van der Waals surface area contributed by atoms with Gasteiger partial charge in [-0.3, -0.25) is 0 Å². The van der Waals surface area contributed by atoms with Crippen LogP contribution in [-0.4, -0.2) is 20.3 Å². The normalized spacial score (nSPS) is 11.9. The van der Waals surface area contributed by atoms with Gasteiger partial charge in [0.25, 0.3) is 0 Å². The lowest BCUT2D eigenvalue weighted by Gasteiger charge is -2.26. The predicted octanol–water partition coefficient (Wildman–Crippen LogP) is 11.0. The van der Waals surface area contributed by atoms with Crippen molar-refractivity contribution in [1.82, 2.24) is 0 Å². The first-order valence-corrected chi connectivity index (χ1v) is 13.6. The third kappa shape index (κ3) is 13.2. The van der Waals surface area contributed by atoms with Crippen LogP contribution < -0.4 is 14.2 Å². The molecule has 0 aromatic heterocycles. The van der Waals surface area contributed by atoms with E-state index in [9.17, 15) is 0 Å². The molecular formula is C36H64O3. The van der Waals surface area contributed by atoms with E-state index < -0.39 is 0 Å². The monoisotopic (exact) mass is 544 g/mol. The molecule has 0 aliphatic heterocycles. The molecule has 0 heterocycles. The highest BCUT2D eigenvalue weighted by Gasteiger charge is 2.23. The Kier molecular flexibility index (Phi) is 14.5. The Morgan fingerprint density at radius 2 is 0.821 bits per heavy atom. The molecule has 0 N–H and O–H groups in total. The molecule has 3 heteroatoms. The van der Waals surface area contributed by atoms with Crippen molar-refractivity contribution < 1.29 is 14.2 Å². The highest BCUT2D eigenvalue weighted by atomic mass is 16.5. The first-order valence-electron chi connectivity index (χ1n) is 13.6. The summed E-state index contributed by atoms with van der Waals surface area (Å²) in [4.78, 5) is 0. The molecule has 0 saturated carbocycles. The predicted molar refractivity (Wildman–Crippen MR) is 174 cm³/mol. The standard InChI is InChI=1S/C17H28O2.C17H28O.2CH4/c1-12-9-13(19-11-16(2,3)4)10-14(18-8)15(12)17(5,6)7;1-12-9-14(18-11-16(3,4)5)10-13(2)15(12)17(6,7)8;;/h9-10H,11H2,1-8H3;9-10H,11H2,1-8H3;2*1H4. The molecule has 0 aliphatic carbocycles. The number of hydrogen-bond acceptors (Lipinski definition) is 3. The Hall–Kier alpha value is -2.16. The van der Waals surface area contributed by atoms with Crippen molar-refractivity contribution in [3.05, 3.63) is 52.1 Å². The first-order chi connectivity index (χ1) is 16.5. The molecule has 0 amide bonds. The number of aryl methyl sites for hydroxylation is 3. The van der Waals surface area contributed by atoms with Crippen LogP contribution in [0.5, 0.6) is 17.2 Å². The van der Waals surface area contributed by atoms with Gasteiger partial charge in [-0.2, -0.15) is 0 Å². The molecule has 0 fully saturated rings. The van der Waals surface area contributed by atoms with E-state index in [4.69, 9.17) is 14.2 Å². The quantitative estimate of drug-likeness (QED) is 0.374. The zero-order chi connectivity index (χ0) is 29.0. The Morgan fingerprint density at radius 1 is 0.513 bits per heavy atom. The van der Waals surface area contributed by atoms with Crippen LogP contribution in [-0.2, 0) is 10.8 Å². The van der Waals surface area contributed by atoms with E-state index in [1.807, 2.05) is 6.07 Å². The van der Waals surface area contributed by atoms with Crippen LogP contribution in [0.1, 0.15) is 126 Å². The largest absolute Gasteiger partial charge is 0.496 e. The third-order valence-electron chi connectivity index (χ3n) is 5.84. The zero-order valence-electron chi connectivity index (χ0n) is 26.9. The molecular weight excluding hydrogens is 480 g/mol. The lowest BCUT2D eigenvalue weighted by Crippen LogP contribution is -2.18. The summed E-state index contributed by atoms with van der Waals surface area (Å²) in [7, 11) is 1.72. The molecule has 2 rings (SSSR count). The second-order valence-electron chi connectivity index (χ2n) is 14.9. The zero-order valence-corrected chi connectivity index (χ0v) is 26.9. The van der Waals surface area contributed by atoms with Crippen molar-refractivity contribution in [1.29, 1.82) is 0 Å². The van der Waals surface area contributed by atoms with Gasteiger partial charge in [0.15, 0.2) is 0 Å². The molecule has 0 radical (unpaired) electrons. The molecule has 2 aromatic rings. The second-order valence-corrected chi connectivity index (χ2v) is 14.9. The van der Waals surface area contributed by atoms with Crippen LogP contribution in [0.25, 0.3) is 0 Å². The van der Waals surface area contributed by atoms with E-state index in [1.54, 1.807) is 7.11 Å². The van der Waals surface area contributed by atoms with Crippen molar-refractivity contribution in [2.45, 2.75) is 130 Å². The van der Waals surface area contributed by atoms with Gasteiger partial charge in [0, 0.05) is 11.6 Å². The SMILES string of the molecule is C.C.COc1cc(OCC(C)(C)C)cc(C)c1C(C)(C)C.Cc1cc(OCC(C)(C)C)cc(C)c1C(C)(C)C. The van der Waals surface area contributed by atoms with Gasteiger partial charge in [-0.25, -0.2) is 0 Å². The second kappa shape index (κ2) is 14.5. The van der Waals surface area contributed by atoms with Crippen molar-refractivity contribution in [3.8, 4) is 17.2 Å². The van der Waals surface area contributed by atoms with Gasteiger partial charge in [-0.15, -0.1) is 0 Å². The molecule has 0 spiro atoms. The number of ether oxygens (including phenoxy) is 3. The van der Waals surface area contributed by atoms with Gasteiger partial charge in [0.2, 0.25) is 0 Å². The highest BCUT2D eigenvalue weighted by molar-refractivity contribution is 5.49. The molecule has 0 bridgehead atoms. The van der Waals surface area contributed by atoms with Crippen LogP contribution >= 0.6 is 0 Å². The van der Waals surface area contributed by atoms with Crippen LogP contribution in [0.2, 0.25) is 0 Å². The highest BCUT2D eigenvalue weighted by Crippen LogP contribution is 2.37. The number of rotatable bonds is 5. The number of benzene rings is 2. The minimum absolute atomic E-state index is 0. The number of hydrogen-bond donors (Lipinski definition) is 0. The molecule has 226 valence electrons. The molecule has 0 atom stereocenters. The molecule has 0 saturated heterocycles. The minimum Gasteiger partial charge on any atom is -0.496 e. The van der Waals surface area contributed by atoms with E-state index in [1.165, 1.54) is 27.8 Å². The summed E-state index contributed by atoms with van der Waals surface area (Å²) in [6, 6.07) is 8.44. The van der Waals surface area contributed by atoms with Gasteiger partial charge >= 0.3 is 0 Å². The molecule has 2 aromatic carbocycles. The summed E-state index contributed by atoms with van der Waals surface area (Å²) in [5.41, 5.74) is 7.17. The fourth-order valence-corrected chi connectivity index (χ4v) is 4.72. The maximum Gasteiger partial charge on any atom is 0.126 e. The summed E-state index contributed by atoms with van der Waals surface area (Å²) in [6.45, 7) is 34.4. The third-order valence-corrected chi connectivity index (χ3v) is 5.84. The average Bonchev–Trinajstić information content (AvgIpc) is 2.67.